The lowest BCUT2D eigenvalue weighted by Gasteiger charge is -2.38. The van der Waals surface area contributed by atoms with Crippen LogP contribution in [0.1, 0.15) is 12.0 Å². The maximum Gasteiger partial charge on any atom is 0.304 e. The third-order valence-electron chi connectivity index (χ3n) is 2.86. The topological polar surface area (TPSA) is 49.8 Å². The first kappa shape index (κ1) is 11.9. The molecule has 1 saturated heterocycles. The number of likely N-dealkylation sites (tertiary alicyclic amines) is 1. The Kier molecular flexibility index (Phi) is 3.64. The standard InChI is InChI=1S/C13H17NO3/c1-10-3-2-4-11(7-10)17-12-8-14(9-12)6-5-13(15)16/h2-4,7,12H,5-6,8-9H2,1H3,(H,15,16). The summed E-state index contributed by atoms with van der Waals surface area (Å²) in [6.07, 6.45) is 0.405. The first-order valence-electron chi connectivity index (χ1n) is 5.81. The lowest BCUT2D eigenvalue weighted by Crippen LogP contribution is -2.54. The number of nitrogens with zero attached hydrogens (tertiary/aromatic N) is 1. The van der Waals surface area contributed by atoms with E-state index in [9.17, 15) is 4.79 Å². The molecule has 92 valence electrons. The van der Waals surface area contributed by atoms with Gasteiger partial charge in [-0.15, -0.1) is 0 Å². The molecule has 0 aromatic heterocycles. The minimum atomic E-state index is -0.743. The van der Waals surface area contributed by atoms with E-state index in [1.165, 1.54) is 5.56 Å². The van der Waals surface area contributed by atoms with E-state index in [-0.39, 0.29) is 12.5 Å². The van der Waals surface area contributed by atoms with Crippen LogP contribution in [0.25, 0.3) is 0 Å². The predicted molar refractivity (Wildman–Crippen MR) is 64.3 cm³/mol. The molecule has 1 heterocycles. The Hall–Kier alpha value is -1.55. The van der Waals surface area contributed by atoms with Crippen molar-refractivity contribution in [3.05, 3.63) is 29.8 Å². The van der Waals surface area contributed by atoms with Crippen LogP contribution >= 0.6 is 0 Å². The number of benzene rings is 1. The lowest BCUT2D eigenvalue weighted by molar-refractivity contribution is -0.137. The Morgan fingerprint density at radius 2 is 2.29 bits per heavy atom. The molecule has 17 heavy (non-hydrogen) atoms. The van der Waals surface area contributed by atoms with Crippen molar-refractivity contribution in [2.45, 2.75) is 19.4 Å². The molecule has 0 radical (unpaired) electrons. The molecular weight excluding hydrogens is 218 g/mol. The molecule has 4 nitrogen and oxygen atoms in total. The van der Waals surface area contributed by atoms with E-state index in [0.29, 0.717) is 6.54 Å². The summed E-state index contributed by atoms with van der Waals surface area (Å²) in [5.74, 6) is 0.154. The van der Waals surface area contributed by atoms with Crippen LogP contribution in [-0.2, 0) is 4.79 Å². The number of aliphatic carboxylic acids is 1. The molecule has 4 heteroatoms. The molecule has 1 fully saturated rings. The monoisotopic (exact) mass is 235 g/mol. The van der Waals surface area contributed by atoms with Crippen molar-refractivity contribution in [2.24, 2.45) is 0 Å². The number of ether oxygens (including phenoxy) is 1. The Morgan fingerprint density at radius 3 is 2.94 bits per heavy atom. The third kappa shape index (κ3) is 3.46. The van der Waals surface area contributed by atoms with Crippen LogP contribution in [0.4, 0.5) is 0 Å². The smallest absolute Gasteiger partial charge is 0.304 e. The first-order valence-corrected chi connectivity index (χ1v) is 5.81. The van der Waals surface area contributed by atoms with Crippen LogP contribution in [0.5, 0.6) is 5.75 Å². The second-order valence-electron chi connectivity index (χ2n) is 4.46. The lowest BCUT2D eigenvalue weighted by atomic mass is 10.1. The summed E-state index contributed by atoms with van der Waals surface area (Å²) in [5, 5.41) is 8.56. The van der Waals surface area contributed by atoms with Crippen molar-refractivity contribution in [3.8, 4) is 5.75 Å². The fourth-order valence-corrected chi connectivity index (χ4v) is 1.91. The highest BCUT2D eigenvalue weighted by molar-refractivity contribution is 5.66. The van der Waals surface area contributed by atoms with Gasteiger partial charge in [0.15, 0.2) is 0 Å². The van der Waals surface area contributed by atoms with Gasteiger partial charge in [0.05, 0.1) is 6.42 Å². The van der Waals surface area contributed by atoms with Crippen molar-refractivity contribution in [2.75, 3.05) is 19.6 Å². The third-order valence-corrected chi connectivity index (χ3v) is 2.86. The van der Waals surface area contributed by atoms with Crippen molar-refractivity contribution in [3.63, 3.8) is 0 Å². The summed E-state index contributed by atoms with van der Waals surface area (Å²) in [4.78, 5) is 12.5. The van der Waals surface area contributed by atoms with E-state index < -0.39 is 5.97 Å². The van der Waals surface area contributed by atoms with Crippen LogP contribution < -0.4 is 4.74 Å². The zero-order valence-corrected chi connectivity index (χ0v) is 9.93. The van der Waals surface area contributed by atoms with Crippen molar-refractivity contribution in [1.82, 2.24) is 4.90 Å². The summed E-state index contributed by atoms with van der Waals surface area (Å²) in [6.45, 7) is 4.29. The number of hydrogen-bond acceptors (Lipinski definition) is 3. The van der Waals surface area contributed by atoms with E-state index in [1.54, 1.807) is 0 Å². The summed E-state index contributed by atoms with van der Waals surface area (Å²) in [5.41, 5.74) is 1.18. The van der Waals surface area contributed by atoms with Gasteiger partial charge in [0.1, 0.15) is 11.9 Å². The highest BCUT2D eigenvalue weighted by atomic mass is 16.5. The largest absolute Gasteiger partial charge is 0.488 e. The zero-order chi connectivity index (χ0) is 12.3. The Labute approximate surface area is 101 Å². The molecule has 2 rings (SSSR count). The molecule has 1 aromatic rings. The molecule has 0 aliphatic carbocycles. The Bertz CT molecular complexity index is 399. The van der Waals surface area contributed by atoms with Gasteiger partial charge in [0.2, 0.25) is 0 Å². The molecule has 1 aliphatic rings. The molecule has 0 saturated carbocycles. The molecular formula is C13H17NO3. The number of rotatable bonds is 5. The minimum absolute atomic E-state index is 0.200. The maximum absolute atomic E-state index is 10.4. The predicted octanol–water partition coefficient (Wildman–Crippen LogP) is 1.53. The Balaban J connectivity index is 1.72. The normalized spacial score (nSPS) is 16.5. The molecule has 0 spiro atoms. The number of aryl methyl sites for hydroxylation is 1. The molecule has 1 aromatic carbocycles. The van der Waals surface area contributed by atoms with Crippen molar-refractivity contribution < 1.29 is 14.6 Å². The van der Waals surface area contributed by atoms with Gasteiger partial charge in [0.25, 0.3) is 0 Å². The summed E-state index contributed by atoms with van der Waals surface area (Å²) >= 11 is 0. The van der Waals surface area contributed by atoms with Crippen molar-refractivity contribution in [1.29, 1.82) is 0 Å². The second kappa shape index (κ2) is 5.19. The van der Waals surface area contributed by atoms with Gasteiger partial charge in [-0.1, -0.05) is 12.1 Å². The number of carbonyl (C=O) groups is 1. The second-order valence-corrected chi connectivity index (χ2v) is 4.46. The molecule has 1 aliphatic heterocycles. The SMILES string of the molecule is Cc1cccc(OC2CN(CCC(=O)O)C2)c1. The van der Waals surface area contributed by atoms with E-state index in [2.05, 4.69) is 4.90 Å². The van der Waals surface area contributed by atoms with E-state index >= 15 is 0 Å². The quantitative estimate of drug-likeness (QED) is 0.841. The number of carboxylic acid groups (broad SMARTS) is 1. The summed E-state index contributed by atoms with van der Waals surface area (Å²) < 4.78 is 5.78. The van der Waals surface area contributed by atoms with Gasteiger partial charge in [0, 0.05) is 19.6 Å². The van der Waals surface area contributed by atoms with Gasteiger partial charge < -0.3 is 9.84 Å². The van der Waals surface area contributed by atoms with Gasteiger partial charge in [-0.3, -0.25) is 9.69 Å². The maximum atomic E-state index is 10.4. The van der Waals surface area contributed by atoms with Crippen LogP contribution in [0, 0.1) is 6.92 Å². The summed E-state index contributed by atoms with van der Waals surface area (Å²) in [6, 6.07) is 7.98. The Morgan fingerprint density at radius 1 is 1.53 bits per heavy atom. The fraction of sp³-hybridized carbons (Fsp3) is 0.462. The summed E-state index contributed by atoms with van der Waals surface area (Å²) in [7, 11) is 0. The molecule has 0 bridgehead atoms. The highest BCUT2D eigenvalue weighted by Crippen LogP contribution is 2.19. The van der Waals surface area contributed by atoms with E-state index in [0.717, 1.165) is 18.8 Å². The molecule has 0 unspecified atom stereocenters. The first-order chi connectivity index (χ1) is 8.13. The fourth-order valence-electron chi connectivity index (χ4n) is 1.91. The van der Waals surface area contributed by atoms with Crippen LogP contribution in [0.3, 0.4) is 0 Å². The average molecular weight is 235 g/mol. The highest BCUT2D eigenvalue weighted by Gasteiger charge is 2.28. The van der Waals surface area contributed by atoms with Gasteiger partial charge >= 0.3 is 5.97 Å². The van der Waals surface area contributed by atoms with E-state index in [4.69, 9.17) is 9.84 Å². The molecule has 0 atom stereocenters. The molecule has 1 N–H and O–H groups in total. The zero-order valence-electron chi connectivity index (χ0n) is 9.93. The van der Waals surface area contributed by atoms with Gasteiger partial charge in [-0.2, -0.15) is 0 Å². The van der Waals surface area contributed by atoms with Crippen molar-refractivity contribution >= 4 is 5.97 Å². The minimum Gasteiger partial charge on any atom is -0.488 e. The molecule has 0 amide bonds. The van der Waals surface area contributed by atoms with Crippen LogP contribution in [0.15, 0.2) is 24.3 Å². The van der Waals surface area contributed by atoms with Crippen LogP contribution in [-0.4, -0.2) is 41.7 Å². The average Bonchev–Trinajstić information content (AvgIpc) is 2.21. The number of carboxylic acids is 1. The van der Waals surface area contributed by atoms with Crippen LogP contribution in [0.2, 0.25) is 0 Å². The van der Waals surface area contributed by atoms with Gasteiger partial charge in [-0.05, 0) is 24.6 Å². The number of hydrogen-bond donors (Lipinski definition) is 1. The van der Waals surface area contributed by atoms with Gasteiger partial charge in [-0.25, -0.2) is 0 Å². The van der Waals surface area contributed by atoms with E-state index in [1.807, 2.05) is 31.2 Å².